The van der Waals surface area contributed by atoms with Crippen molar-refractivity contribution in [2.24, 2.45) is 5.92 Å². The summed E-state index contributed by atoms with van der Waals surface area (Å²) in [7, 11) is 0. The lowest BCUT2D eigenvalue weighted by Crippen LogP contribution is -2.60. The zero-order chi connectivity index (χ0) is 19.1. The van der Waals surface area contributed by atoms with E-state index >= 15 is 0 Å². The van der Waals surface area contributed by atoms with Crippen molar-refractivity contribution in [2.45, 2.75) is 38.1 Å². The van der Waals surface area contributed by atoms with Crippen molar-refractivity contribution in [3.63, 3.8) is 0 Å². The van der Waals surface area contributed by atoms with E-state index in [9.17, 15) is 27.5 Å². The third-order valence-electron chi connectivity index (χ3n) is 5.55. The molecule has 1 N–H and O–H groups in total. The Kier molecular flexibility index (Phi) is 5.00. The van der Waals surface area contributed by atoms with Gasteiger partial charge in [-0.1, -0.05) is 6.07 Å². The zero-order valence-corrected chi connectivity index (χ0v) is 14.5. The lowest BCUT2D eigenvalue weighted by atomic mass is 9.75. The van der Waals surface area contributed by atoms with Gasteiger partial charge in [0.1, 0.15) is 5.82 Å². The highest BCUT2D eigenvalue weighted by Crippen LogP contribution is 2.36. The number of carbonyl (C=O) groups is 1. The van der Waals surface area contributed by atoms with Crippen molar-refractivity contribution >= 4 is 5.91 Å². The summed E-state index contributed by atoms with van der Waals surface area (Å²) in [5.74, 6) is -1.42. The van der Waals surface area contributed by atoms with E-state index < -0.39 is 23.2 Å². The molecule has 0 aliphatic carbocycles. The van der Waals surface area contributed by atoms with Crippen LogP contribution in [0.5, 0.6) is 0 Å². The smallest absolute Gasteiger partial charge is 0.389 e. The van der Waals surface area contributed by atoms with Gasteiger partial charge >= 0.3 is 6.18 Å². The van der Waals surface area contributed by atoms with Crippen LogP contribution in [0, 0.1) is 11.7 Å². The van der Waals surface area contributed by atoms with Crippen LogP contribution in [-0.4, -0.2) is 52.6 Å². The van der Waals surface area contributed by atoms with Crippen molar-refractivity contribution in [1.29, 1.82) is 0 Å². The minimum atomic E-state index is -4.71. The summed E-state index contributed by atoms with van der Waals surface area (Å²) in [6.07, 6.45) is -3.64. The molecule has 4 nitrogen and oxygen atoms in total. The number of benzene rings is 1. The number of piperidine rings is 2. The first-order chi connectivity index (χ1) is 12.1. The fourth-order valence-corrected chi connectivity index (χ4v) is 3.95. The SMILES string of the molecule is CC(=O)N1CC[C@]2(O)CCN(Cc3ccc(C(F)(F)F)c(F)c3)C[C@@H]2C1. The monoisotopic (exact) mass is 374 g/mol. The standard InChI is InChI=1S/C18H22F4N2O2/c1-12(25)24-7-5-17(26)4-6-23(10-14(17)11-24)9-13-2-3-15(16(19)8-13)18(20,21)22/h2-3,8,14,26H,4-7,9-11H2,1H3/t14-,17-/m1/s1. The van der Waals surface area contributed by atoms with Crippen molar-refractivity contribution in [2.75, 3.05) is 26.2 Å². The molecule has 8 heteroatoms. The van der Waals surface area contributed by atoms with Crippen LogP contribution in [0.1, 0.15) is 30.9 Å². The number of alkyl halides is 3. The minimum absolute atomic E-state index is 0.0333. The summed E-state index contributed by atoms with van der Waals surface area (Å²) in [5.41, 5.74) is -1.62. The lowest BCUT2D eigenvalue weighted by molar-refractivity contribution is -0.145. The zero-order valence-electron chi connectivity index (χ0n) is 14.5. The first kappa shape index (κ1) is 19.1. The quantitative estimate of drug-likeness (QED) is 0.810. The van der Waals surface area contributed by atoms with Crippen LogP contribution < -0.4 is 0 Å². The van der Waals surface area contributed by atoms with Gasteiger partial charge in [-0.2, -0.15) is 13.2 Å². The fourth-order valence-electron chi connectivity index (χ4n) is 3.95. The maximum Gasteiger partial charge on any atom is 0.419 e. The summed E-state index contributed by atoms with van der Waals surface area (Å²) >= 11 is 0. The maximum absolute atomic E-state index is 13.7. The molecule has 0 saturated carbocycles. The summed E-state index contributed by atoms with van der Waals surface area (Å²) in [6.45, 7) is 3.90. The molecule has 0 aromatic heterocycles. The number of aliphatic hydroxyl groups is 1. The van der Waals surface area contributed by atoms with Gasteiger partial charge in [0.05, 0.1) is 11.2 Å². The normalized spacial score (nSPS) is 27.3. The summed E-state index contributed by atoms with van der Waals surface area (Å²) < 4.78 is 51.7. The molecule has 0 radical (unpaired) electrons. The highest BCUT2D eigenvalue weighted by Gasteiger charge is 2.45. The van der Waals surface area contributed by atoms with Crippen LogP contribution in [0.4, 0.5) is 17.6 Å². The Morgan fingerprint density at radius 2 is 1.96 bits per heavy atom. The van der Waals surface area contributed by atoms with E-state index in [0.29, 0.717) is 51.1 Å². The first-order valence-electron chi connectivity index (χ1n) is 8.64. The molecule has 2 heterocycles. The molecule has 1 amide bonds. The topological polar surface area (TPSA) is 43.8 Å². The van der Waals surface area contributed by atoms with E-state index in [1.807, 2.05) is 4.90 Å². The number of halogens is 4. The van der Waals surface area contributed by atoms with E-state index in [-0.39, 0.29) is 11.8 Å². The molecule has 1 aromatic rings. The Hall–Kier alpha value is -1.67. The third-order valence-corrected chi connectivity index (χ3v) is 5.55. The number of carbonyl (C=O) groups excluding carboxylic acids is 1. The van der Waals surface area contributed by atoms with Crippen LogP contribution in [0.25, 0.3) is 0 Å². The maximum atomic E-state index is 13.7. The van der Waals surface area contributed by atoms with E-state index in [1.165, 1.54) is 13.0 Å². The molecule has 0 spiro atoms. The molecule has 3 rings (SSSR count). The molecule has 144 valence electrons. The second-order valence-corrected chi connectivity index (χ2v) is 7.31. The second-order valence-electron chi connectivity index (χ2n) is 7.31. The molecule has 0 bridgehead atoms. The number of nitrogens with zero attached hydrogens (tertiary/aromatic N) is 2. The number of amides is 1. The van der Waals surface area contributed by atoms with Gasteiger partial charge in [-0.3, -0.25) is 9.69 Å². The van der Waals surface area contributed by atoms with Gasteiger partial charge < -0.3 is 10.0 Å². The van der Waals surface area contributed by atoms with Crippen LogP contribution in [-0.2, 0) is 17.5 Å². The summed E-state index contributed by atoms with van der Waals surface area (Å²) in [6, 6.07) is 2.98. The lowest BCUT2D eigenvalue weighted by Gasteiger charge is -2.50. The van der Waals surface area contributed by atoms with E-state index in [0.717, 1.165) is 12.1 Å². The molecule has 2 aliphatic heterocycles. The van der Waals surface area contributed by atoms with Gasteiger partial charge in [-0.25, -0.2) is 4.39 Å². The van der Waals surface area contributed by atoms with Gasteiger partial charge in [0.25, 0.3) is 0 Å². The second kappa shape index (κ2) is 6.81. The first-order valence-corrected chi connectivity index (χ1v) is 8.64. The average molecular weight is 374 g/mol. The molecule has 2 fully saturated rings. The highest BCUT2D eigenvalue weighted by molar-refractivity contribution is 5.73. The molecule has 1 aromatic carbocycles. The fraction of sp³-hybridized carbons (Fsp3) is 0.611. The molecule has 2 saturated heterocycles. The molecule has 2 aliphatic rings. The van der Waals surface area contributed by atoms with Gasteiger partial charge in [-0.15, -0.1) is 0 Å². The minimum Gasteiger partial charge on any atom is -0.389 e. The van der Waals surface area contributed by atoms with Crippen molar-refractivity contribution < 1.29 is 27.5 Å². The Labute approximate surface area is 149 Å². The van der Waals surface area contributed by atoms with Gasteiger partial charge in [0, 0.05) is 45.6 Å². The van der Waals surface area contributed by atoms with Gasteiger partial charge in [-0.05, 0) is 30.5 Å². The van der Waals surface area contributed by atoms with E-state index in [2.05, 4.69) is 0 Å². The van der Waals surface area contributed by atoms with E-state index in [4.69, 9.17) is 0 Å². The molecule has 0 unspecified atom stereocenters. The van der Waals surface area contributed by atoms with Crippen LogP contribution in [0.3, 0.4) is 0 Å². The molecule has 2 atom stereocenters. The number of hydrogen-bond donors (Lipinski definition) is 1. The van der Waals surface area contributed by atoms with Gasteiger partial charge in [0.2, 0.25) is 5.91 Å². The Balaban J connectivity index is 1.68. The van der Waals surface area contributed by atoms with Crippen molar-refractivity contribution in [3.8, 4) is 0 Å². The highest BCUT2D eigenvalue weighted by atomic mass is 19.4. The molecule has 26 heavy (non-hydrogen) atoms. The number of likely N-dealkylation sites (tertiary alicyclic amines) is 2. The number of rotatable bonds is 2. The van der Waals surface area contributed by atoms with Crippen LogP contribution in [0.2, 0.25) is 0 Å². The largest absolute Gasteiger partial charge is 0.419 e. The van der Waals surface area contributed by atoms with Crippen molar-refractivity contribution in [3.05, 3.63) is 35.1 Å². The molecular weight excluding hydrogens is 352 g/mol. The molecular formula is C18H22F4N2O2. The Bertz CT molecular complexity index is 694. The Morgan fingerprint density at radius 3 is 2.58 bits per heavy atom. The predicted molar refractivity (Wildman–Crippen MR) is 86.6 cm³/mol. The predicted octanol–water partition coefficient (Wildman–Crippen LogP) is 2.65. The third kappa shape index (κ3) is 3.86. The number of fused-ring (bicyclic) bond motifs is 1. The summed E-state index contributed by atoms with van der Waals surface area (Å²) in [4.78, 5) is 15.3. The average Bonchev–Trinajstić information content (AvgIpc) is 2.53. The van der Waals surface area contributed by atoms with Crippen molar-refractivity contribution in [1.82, 2.24) is 9.80 Å². The Morgan fingerprint density at radius 1 is 1.27 bits per heavy atom. The van der Waals surface area contributed by atoms with E-state index in [1.54, 1.807) is 4.90 Å². The van der Waals surface area contributed by atoms with Crippen LogP contribution in [0.15, 0.2) is 18.2 Å². The van der Waals surface area contributed by atoms with Gasteiger partial charge in [0.15, 0.2) is 0 Å². The van der Waals surface area contributed by atoms with Crippen LogP contribution >= 0.6 is 0 Å². The summed E-state index contributed by atoms with van der Waals surface area (Å²) in [5, 5.41) is 10.8. The number of hydrogen-bond acceptors (Lipinski definition) is 3.